The Labute approximate surface area is 167 Å². The Balaban J connectivity index is 1.46. The van der Waals surface area contributed by atoms with Crippen LogP contribution in [0.2, 0.25) is 0 Å². The van der Waals surface area contributed by atoms with Crippen molar-refractivity contribution in [2.75, 3.05) is 46.8 Å². The molecule has 1 saturated heterocycles. The summed E-state index contributed by atoms with van der Waals surface area (Å²) in [5.74, 6) is 0.379. The Morgan fingerprint density at radius 1 is 1.25 bits per heavy atom. The third-order valence-corrected chi connectivity index (χ3v) is 5.42. The summed E-state index contributed by atoms with van der Waals surface area (Å²) in [6.07, 6.45) is 3.86. The average Bonchev–Trinajstić information content (AvgIpc) is 3.19. The van der Waals surface area contributed by atoms with Crippen molar-refractivity contribution in [1.82, 2.24) is 30.1 Å². The molecule has 1 N–H and O–H groups in total. The van der Waals surface area contributed by atoms with Crippen molar-refractivity contribution in [3.8, 4) is 0 Å². The van der Waals surface area contributed by atoms with Crippen molar-refractivity contribution >= 4 is 5.91 Å². The maximum absolute atomic E-state index is 12.2. The first-order valence-corrected chi connectivity index (χ1v) is 10.1. The largest absolute Gasteiger partial charge is 0.349 e. The molecule has 1 aliphatic rings. The fraction of sp³-hybridized carbons (Fsp3) is 0.571. The maximum atomic E-state index is 12.2. The van der Waals surface area contributed by atoms with Gasteiger partial charge in [0.15, 0.2) is 5.69 Å². The molecular formula is C21H32N6O. The Kier molecular flexibility index (Phi) is 7.17. The molecule has 1 aromatic heterocycles. The summed E-state index contributed by atoms with van der Waals surface area (Å²) in [5, 5.41) is 11.2. The Bertz CT molecular complexity index is 736. The molecule has 1 atom stereocenters. The van der Waals surface area contributed by atoms with Gasteiger partial charge in [-0.15, -0.1) is 5.10 Å². The second-order valence-electron chi connectivity index (χ2n) is 7.99. The van der Waals surface area contributed by atoms with Crippen LogP contribution in [-0.4, -0.2) is 77.5 Å². The number of hydrogen-bond acceptors (Lipinski definition) is 5. The average molecular weight is 385 g/mol. The lowest BCUT2D eigenvalue weighted by Crippen LogP contribution is -2.37. The molecule has 0 radical (unpaired) electrons. The van der Waals surface area contributed by atoms with Gasteiger partial charge in [0.1, 0.15) is 0 Å². The van der Waals surface area contributed by atoms with E-state index >= 15 is 0 Å². The molecule has 0 aliphatic carbocycles. The van der Waals surface area contributed by atoms with Gasteiger partial charge in [0.25, 0.3) is 5.91 Å². The predicted octanol–water partition coefficient (Wildman–Crippen LogP) is 2.01. The van der Waals surface area contributed by atoms with Crippen LogP contribution in [0.5, 0.6) is 0 Å². The second-order valence-corrected chi connectivity index (χ2v) is 7.99. The lowest BCUT2D eigenvalue weighted by atomic mass is 9.98. The van der Waals surface area contributed by atoms with E-state index in [-0.39, 0.29) is 5.91 Å². The van der Waals surface area contributed by atoms with Gasteiger partial charge in [-0.2, -0.15) is 0 Å². The van der Waals surface area contributed by atoms with E-state index in [4.69, 9.17) is 0 Å². The van der Waals surface area contributed by atoms with E-state index in [1.165, 1.54) is 5.56 Å². The molecule has 28 heavy (non-hydrogen) atoms. The molecular weight excluding hydrogens is 352 g/mol. The van der Waals surface area contributed by atoms with E-state index in [0.717, 1.165) is 39.0 Å². The Morgan fingerprint density at radius 2 is 1.96 bits per heavy atom. The molecule has 2 aromatic rings. The van der Waals surface area contributed by atoms with E-state index in [9.17, 15) is 4.79 Å². The number of likely N-dealkylation sites (tertiary alicyclic amines) is 1. The van der Waals surface area contributed by atoms with Crippen molar-refractivity contribution in [3.05, 3.63) is 47.8 Å². The zero-order valence-electron chi connectivity index (χ0n) is 17.2. The van der Waals surface area contributed by atoms with Crippen LogP contribution in [-0.2, 0) is 0 Å². The number of aromatic nitrogens is 3. The van der Waals surface area contributed by atoms with Gasteiger partial charge in [-0.1, -0.05) is 42.5 Å². The van der Waals surface area contributed by atoms with Crippen molar-refractivity contribution in [2.45, 2.75) is 31.7 Å². The van der Waals surface area contributed by atoms with E-state index < -0.39 is 0 Å². The number of nitrogens with zero attached hydrogens (tertiary/aromatic N) is 5. The molecule has 0 saturated carbocycles. The highest BCUT2D eigenvalue weighted by Crippen LogP contribution is 2.24. The summed E-state index contributed by atoms with van der Waals surface area (Å²) in [5.41, 5.74) is 1.80. The number of nitrogens with one attached hydrogen (secondary N) is 1. The van der Waals surface area contributed by atoms with E-state index in [2.05, 4.69) is 57.8 Å². The van der Waals surface area contributed by atoms with Crippen LogP contribution in [0.3, 0.4) is 0 Å². The summed E-state index contributed by atoms with van der Waals surface area (Å²) >= 11 is 0. The van der Waals surface area contributed by atoms with Crippen molar-refractivity contribution in [1.29, 1.82) is 0 Å². The zero-order chi connectivity index (χ0) is 19.9. The van der Waals surface area contributed by atoms with Gasteiger partial charge in [-0.05, 0) is 38.4 Å². The SMILES string of the molecule is CC(CN1CCC(n2cc(C(=O)NCCN(C)C)nn2)CC1)c1ccccc1. The first-order valence-electron chi connectivity index (χ1n) is 10.1. The van der Waals surface area contributed by atoms with Crippen LogP contribution in [0.1, 0.15) is 47.8 Å². The third kappa shape index (κ3) is 5.62. The van der Waals surface area contributed by atoms with Crippen LogP contribution in [0.4, 0.5) is 0 Å². The number of hydrogen-bond donors (Lipinski definition) is 1. The lowest BCUT2D eigenvalue weighted by molar-refractivity contribution is 0.0946. The molecule has 0 spiro atoms. The molecule has 152 valence electrons. The number of piperidine rings is 1. The van der Waals surface area contributed by atoms with Crippen molar-refractivity contribution < 1.29 is 4.79 Å². The van der Waals surface area contributed by atoms with E-state index in [1.807, 2.05) is 23.7 Å². The van der Waals surface area contributed by atoms with Crippen LogP contribution in [0.25, 0.3) is 0 Å². The molecule has 1 amide bonds. The first-order chi connectivity index (χ1) is 13.5. The van der Waals surface area contributed by atoms with Gasteiger partial charge in [-0.3, -0.25) is 4.79 Å². The Morgan fingerprint density at radius 3 is 2.64 bits per heavy atom. The molecule has 1 unspecified atom stereocenters. The molecule has 0 bridgehead atoms. The van der Waals surface area contributed by atoms with Gasteiger partial charge in [0, 0.05) is 32.7 Å². The zero-order valence-corrected chi connectivity index (χ0v) is 17.2. The van der Waals surface area contributed by atoms with Gasteiger partial charge in [0.05, 0.1) is 12.2 Å². The second kappa shape index (κ2) is 9.80. The van der Waals surface area contributed by atoms with Gasteiger partial charge >= 0.3 is 0 Å². The number of amides is 1. The molecule has 1 aromatic carbocycles. The summed E-state index contributed by atoms with van der Waals surface area (Å²) in [7, 11) is 3.96. The smallest absolute Gasteiger partial charge is 0.273 e. The van der Waals surface area contributed by atoms with Crippen LogP contribution in [0.15, 0.2) is 36.5 Å². The lowest BCUT2D eigenvalue weighted by Gasteiger charge is -2.33. The topological polar surface area (TPSA) is 66.3 Å². The normalized spacial score (nSPS) is 17.0. The number of likely N-dealkylation sites (N-methyl/N-ethyl adjacent to an activating group) is 1. The van der Waals surface area contributed by atoms with Crippen molar-refractivity contribution in [3.63, 3.8) is 0 Å². The fourth-order valence-corrected chi connectivity index (χ4v) is 3.68. The molecule has 2 heterocycles. The summed E-state index contributed by atoms with van der Waals surface area (Å²) in [6, 6.07) is 11.0. The van der Waals surface area contributed by atoms with Gasteiger partial charge in [-0.25, -0.2) is 4.68 Å². The highest BCUT2D eigenvalue weighted by atomic mass is 16.2. The minimum atomic E-state index is -0.151. The van der Waals surface area contributed by atoms with Gasteiger partial charge in [0.2, 0.25) is 0 Å². The molecule has 7 heteroatoms. The standard InChI is InChI=1S/C21H32N6O/c1-17(18-7-5-4-6-8-18)15-26-12-9-19(10-13-26)27-16-20(23-24-27)21(28)22-11-14-25(2)3/h4-8,16-17,19H,9-15H2,1-3H3,(H,22,28). The number of benzene rings is 1. The summed E-state index contributed by atoms with van der Waals surface area (Å²) in [6.45, 7) is 6.88. The third-order valence-electron chi connectivity index (χ3n) is 5.42. The summed E-state index contributed by atoms with van der Waals surface area (Å²) < 4.78 is 1.87. The monoisotopic (exact) mass is 384 g/mol. The van der Waals surface area contributed by atoms with Crippen molar-refractivity contribution in [2.24, 2.45) is 0 Å². The Hall–Kier alpha value is -2.25. The number of carbonyl (C=O) groups excluding carboxylic acids is 1. The molecule has 3 rings (SSSR count). The molecule has 7 nitrogen and oxygen atoms in total. The number of carbonyl (C=O) groups is 1. The minimum Gasteiger partial charge on any atom is -0.349 e. The fourth-order valence-electron chi connectivity index (χ4n) is 3.68. The first kappa shape index (κ1) is 20.5. The van der Waals surface area contributed by atoms with Gasteiger partial charge < -0.3 is 15.1 Å². The highest BCUT2D eigenvalue weighted by molar-refractivity contribution is 5.91. The maximum Gasteiger partial charge on any atom is 0.273 e. The summed E-state index contributed by atoms with van der Waals surface area (Å²) in [4.78, 5) is 16.7. The minimum absolute atomic E-state index is 0.151. The quantitative estimate of drug-likeness (QED) is 0.754. The van der Waals surface area contributed by atoms with Crippen LogP contribution < -0.4 is 5.32 Å². The van der Waals surface area contributed by atoms with E-state index in [1.54, 1.807) is 6.20 Å². The van der Waals surface area contributed by atoms with Crippen LogP contribution in [0, 0.1) is 0 Å². The molecule has 1 aliphatic heterocycles. The predicted molar refractivity (Wildman–Crippen MR) is 110 cm³/mol. The van der Waals surface area contributed by atoms with Crippen LogP contribution >= 0.6 is 0 Å². The molecule has 1 fully saturated rings. The van der Waals surface area contributed by atoms with E-state index in [0.29, 0.717) is 24.2 Å². The number of rotatable bonds is 8. The highest BCUT2D eigenvalue weighted by Gasteiger charge is 2.23.